The Labute approximate surface area is 129 Å². The third-order valence-corrected chi connectivity index (χ3v) is 3.82. The lowest BCUT2D eigenvalue weighted by Crippen LogP contribution is -2.43. The van der Waals surface area contributed by atoms with E-state index < -0.39 is 0 Å². The van der Waals surface area contributed by atoms with Crippen molar-refractivity contribution in [1.82, 2.24) is 5.32 Å². The third-order valence-electron chi connectivity index (χ3n) is 3.51. The molecule has 110 valence electrons. The van der Waals surface area contributed by atoms with Crippen molar-refractivity contribution in [1.29, 1.82) is 0 Å². The number of benzene rings is 2. The smallest absolute Gasteiger partial charge is 0.151 e. The van der Waals surface area contributed by atoms with Crippen molar-refractivity contribution in [2.75, 3.05) is 19.7 Å². The Morgan fingerprint density at radius 1 is 1.10 bits per heavy atom. The van der Waals surface area contributed by atoms with Gasteiger partial charge in [-0.25, -0.2) is 0 Å². The number of ether oxygens (including phenoxy) is 2. The van der Waals surface area contributed by atoms with Crippen LogP contribution >= 0.6 is 11.6 Å². The number of hydrogen-bond acceptors (Lipinski definition) is 3. The molecule has 1 aliphatic rings. The number of morpholine rings is 1. The highest BCUT2D eigenvalue weighted by atomic mass is 35.5. The highest BCUT2D eigenvalue weighted by molar-refractivity contribution is 6.32. The summed E-state index contributed by atoms with van der Waals surface area (Å²) < 4.78 is 12.0. The van der Waals surface area contributed by atoms with Gasteiger partial charge in [0, 0.05) is 13.1 Å². The summed E-state index contributed by atoms with van der Waals surface area (Å²) in [5.74, 6) is 0.683. The van der Waals surface area contributed by atoms with Crippen molar-refractivity contribution in [3.8, 4) is 5.75 Å². The molecule has 0 radical (unpaired) electrons. The number of halogens is 1. The van der Waals surface area contributed by atoms with Crippen LogP contribution in [0.2, 0.25) is 5.02 Å². The Morgan fingerprint density at radius 3 is 2.57 bits per heavy atom. The van der Waals surface area contributed by atoms with Crippen LogP contribution in [0, 0.1) is 0 Å². The van der Waals surface area contributed by atoms with Gasteiger partial charge in [-0.05, 0) is 17.7 Å². The van der Waals surface area contributed by atoms with Crippen molar-refractivity contribution in [3.05, 3.63) is 65.2 Å². The fourth-order valence-electron chi connectivity index (χ4n) is 2.46. The maximum Gasteiger partial charge on any atom is 0.151 e. The minimum absolute atomic E-state index is 0.0302. The first-order valence-corrected chi connectivity index (χ1v) is 7.51. The van der Waals surface area contributed by atoms with Gasteiger partial charge in [0.25, 0.3) is 0 Å². The molecule has 1 heterocycles. The molecule has 2 aromatic carbocycles. The van der Waals surface area contributed by atoms with Gasteiger partial charge in [0.05, 0.1) is 11.6 Å². The standard InChI is InChI=1S/C17H18ClNO2/c18-14-8-4-5-9-15(14)21-17(13-6-2-1-3-7-13)16-12-19-10-11-20-16/h1-9,16-17,19H,10-12H2/t16-,17?/m0/s1. The zero-order valence-corrected chi connectivity index (χ0v) is 12.4. The van der Waals surface area contributed by atoms with Gasteiger partial charge >= 0.3 is 0 Å². The van der Waals surface area contributed by atoms with Crippen LogP contribution in [0.5, 0.6) is 5.75 Å². The molecular weight excluding hydrogens is 286 g/mol. The Morgan fingerprint density at radius 2 is 1.86 bits per heavy atom. The zero-order chi connectivity index (χ0) is 14.5. The molecule has 2 aromatic rings. The minimum Gasteiger partial charge on any atom is -0.481 e. The van der Waals surface area contributed by atoms with Crippen molar-refractivity contribution in [2.24, 2.45) is 0 Å². The molecule has 3 nitrogen and oxygen atoms in total. The molecule has 0 amide bonds. The lowest BCUT2D eigenvalue weighted by atomic mass is 10.0. The molecule has 0 bridgehead atoms. The van der Waals surface area contributed by atoms with E-state index in [4.69, 9.17) is 21.1 Å². The van der Waals surface area contributed by atoms with Crippen LogP contribution in [0.3, 0.4) is 0 Å². The maximum atomic E-state index is 6.21. The Bertz CT molecular complexity index is 570. The van der Waals surface area contributed by atoms with Crippen LogP contribution in [0.1, 0.15) is 11.7 Å². The summed E-state index contributed by atoms with van der Waals surface area (Å²) in [7, 11) is 0. The Balaban J connectivity index is 1.87. The maximum absolute atomic E-state index is 6.21. The van der Waals surface area contributed by atoms with Crippen LogP contribution in [0.25, 0.3) is 0 Å². The second-order valence-corrected chi connectivity index (χ2v) is 5.40. The van der Waals surface area contributed by atoms with E-state index in [0.717, 1.165) is 18.7 Å². The molecule has 0 saturated carbocycles. The molecule has 0 aliphatic carbocycles. The predicted octanol–water partition coefficient (Wildman–Crippen LogP) is 3.45. The van der Waals surface area contributed by atoms with E-state index in [1.54, 1.807) is 0 Å². The van der Waals surface area contributed by atoms with Crippen molar-refractivity contribution >= 4 is 11.6 Å². The van der Waals surface area contributed by atoms with Crippen molar-refractivity contribution in [2.45, 2.75) is 12.2 Å². The lowest BCUT2D eigenvalue weighted by Gasteiger charge is -2.31. The van der Waals surface area contributed by atoms with E-state index in [2.05, 4.69) is 17.4 Å². The Kier molecular flexibility index (Phi) is 4.76. The van der Waals surface area contributed by atoms with Crippen LogP contribution in [-0.2, 0) is 4.74 Å². The van der Waals surface area contributed by atoms with Crippen molar-refractivity contribution in [3.63, 3.8) is 0 Å². The number of rotatable bonds is 4. The molecule has 4 heteroatoms. The molecule has 21 heavy (non-hydrogen) atoms. The summed E-state index contributed by atoms with van der Waals surface area (Å²) in [5, 5.41) is 3.96. The molecule has 1 N–H and O–H groups in total. The average molecular weight is 304 g/mol. The summed E-state index contributed by atoms with van der Waals surface area (Å²) in [6.45, 7) is 2.34. The number of hydrogen-bond donors (Lipinski definition) is 1. The largest absolute Gasteiger partial charge is 0.481 e. The fraction of sp³-hybridized carbons (Fsp3) is 0.294. The van der Waals surface area contributed by atoms with Gasteiger partial charge in [-0.2, -0.15) is 0 Å². The summed E-state index contributed by atoms with van der Waals surface area (Å²) in [6, 6.07) is 17.7. The van der Waals surface area contributed by atoms with E-state index in [9.17, 15) is 0 Å². The summed E-state index contributed by atoms with van der Waals surface area (Å²) >= 11 is 6.21. The third kappa shape index (κ3) is 3.56. The number of nitrogens with one attached hydrogen (secondary N) is 1. The highest BCUT2D eigenvalue weighted by Crippen LogP contribution is 2.31. The quantitative estimate of drug-likeness (QED) is 0.938. The zero-order valence-electron chi connectivity index (χ0n) is 11.7. The Hall–Kier alpha value is -1.55. The predicted molar refractivity (Wildman–Crippen MR) is 83.9 cm³/mol. The molecular formula is C17H18ClNO2. The normalized spacial score (nSPS) is 20.0. The fourth-order valence-corrected chi connectivity index (χ4v) is 2.64. The van der Waals surface area contributed by atoms with Crippen LogP contribution in [-0.4, -0.2) is 25.8 Å². The summed E-state index contributed by atoms with van der Waals surface area (Å²) in [6.07, 6.45) is -0.212. The van der Waals surface area contributed by atoms with Crippen molar-refractivity contribution < 1.29 is 9.47 Å². The average Bonchev–Trinajstić information content (AvgIpc) is 2.56. The molecule has 0 spiro atoms. The van der Waals surface area contributed by atoms with Crippen LogP contribution in [0.4, 0.5) is 0 Å². The lowest BCUT2D eigenvalue weighted by molar-refractivity contribution is -0.0432. The summed E-state index contributed by atoms with van der Waals surface area (Å²) in [5.41, 5.74) is 1.09. The second kappa shape index (κ2) is 6.94. The highest BCUT2D eigenvalue weighted by Gasteiger charge is 2.28. The molecule has 1 aliphatic heterocycles. The molecule has 1 unspecified atom stereocenters. The van der Waals surface area contributed by atoms with Gasteiger partial charge in [-0.15, -0.1) is 0 Å². The first-order chi connectivity index (χ1) is 10.3. The molecule has 2 atom stereocenters. The van der Waals surface area contributed by atoms with Gasteiger partial charge in [-0.3, -0.25) is 0 Å². The van der Waals surface area contributed by atoms with Gasteiger partial charge in [0.1, 0.15) is 11.9 Å². The van der Waals surface area contributed by atoms with Gasteiger partial charge < -0.3 is 14.8 Å². The van der Waals surface area contributed by atoms with Crippen LogP contribution < -0.4 is 10.1 Å². The SMILES string of the molecule is Clc1ccccc1OC(c1ccccc1)[C@@H]1CNCCO1. The number of para-hydroxylation sites is 1. The second-order valence-electron chi connectivity index (χ2n) is 4.99. The molecule has 0 aromatic heterocycles. The van der Waals surface area contributed by atoms with Gasteiger partial charge in [0.15, 0.2) is 6.10 Å². The van der Waals surface area contributed by atoms with E-state index in [1.165, 1.54) is 0 Å². The topological polar surface area (TPSA) is 30.5 Å². The van der Waals surface area contributed by atoms with E-state index >= 15 is 0 Å². The summed E-state index contributed by atoms with van der Waals surface area (Å²) in [4.78, 5) is 0. The molecule has 1 saturated heterocycles. The first kappa shape index (κ1) is 14.4. The van der Waals surface area contributed by atoms with E-state index in [1.807, 2.05) is 42.5 Å². The first-order valence-electron chi connectivity index (χ1n) is 7.13. The monoisotopic (exact) mass is 303 g/mol. The van der Waals surface area contributed by atoms with E-state index in [-0.39, 0.29) is 12.2 Å². The molecule has 3 rings (SSSR count). The van der Waals surface area contributed by atoms with E-state index in [0.29, 0.717) is 17.4 Å². The minimum atomic E-state index is -0.182. The van der Waals surface area contributed by atoms with Crippen LogP contribution in [0.15, 0.2) is 54.6 Å². The molecule has 1 fully saturated rings. The van der Waals surface area contributed by atoms with Gasteiger partial charge in [0.2, 0.25) is 0 Å². The van der Waals surface area contributed by atoms with Gasteiger partial charge in [-0.1, -0.05) is 54.1 Å².